The third-order valence-corrected chi connectivity index (χ3v) is 5.20. The van der Waals surface area contributed by atoms with Crippen LogP contribution in [0.3, 0.4) is 0 Å². The standard InChI is InChI=1S/C21H23FN4O/c1-23-21(27)15-5-4-12-25(13-15)14-20-24-18-6-2-3-7-19(18)26(20)17-10-8-16(22)9-11-17/h2-3,6-11,15H,4-5,12-14H2,1H3,(H,23,27)/t15-/m1/s1. The van der Waals surface area contributed by atoms with Crippen LogP contribution in [0.2, 0.25) is 0 Å². The molecule has 1 saturated heterocycles. The highest BCUT2D eigenvalue weighted by atomic mass is 19.1. The van der Waals surface area contributed by atoms with Crippen molar-refractivity contribution >= 4 is 16.9 Å². The second-order valence-electron chi connectivity index (χ2n) is 7.02. The van der Waals surface area contributed by atoms with Crippen molar-refractivity contribution < 1.29 is 9.18 Å². The highest BCUT2D eigenvalue weighted by Crippen LogP contribution is 2.25. The van der Waals surface area contributed by atoms with Gasteiger partial charge in [0.1, 0.15) is 11.6 Å². The van der Waals surface area contributed by atoms with Crippen LogP contribution >= 0.6 is 0 Å². The van der Waals surface area contributed by atoms with Gasteiger partial charge in [-0.1, -0.05) is 12.1 Å². The zero-order valence-corrected chi connectivity index (χ0v) is 15.4. The maximum Gasteiger partial charge on any atom is 0.224 e. The number of benzene rings is 2. The van der Waals surface area contributed by atoms with Crippen LogP contribution in [-0.2, 0) is 11.3 Å². The summed E-state index contributed by atoms with van der Waals surface area (Å²) in [6, 6.07) is 14.5. The molecule has 4 rings (SSSR count). The van der Waals surface area contributed by atoms with Gasteiger partial charge in [-0.3, -0.25) is 14.3 Å². The van der Waals surface area contributed by atoms with Crippen LogP contribution in [0.25, 0.3) is 16.7 Å². The number of rotatable bonds is 4. The SMILES string of the molecule is CNC(=O)[C@@H]1CCCN(Cc2nc3ccccc3n2-c2ccc(F)cc2)C1. The van der Waals surface area contributed by atoms with Gasteiger partial charge >= 0.3 is 0 Å². The fourth-order valence-electron chi connectivity index (χ4n) is 3.88. The van der Waals surface area contributed by atoms with Gasteiger partial charge in [0.05, 0.1) is 23.5 Å². The summed E-state index contributed by atoms with van der Waals surface area (Å²) >= 11 is 0. The van der Waals surface area contributed by atoms with Crippen LogP contribution < -0.4 is 5.32 Å². The summed E-state index contributed by atoms with van der Waals surface area (Å²) in [5.41, 5.74) is 2.80. The minimum atomic E-state index is -0.255. The first-order chi connectivity index (χ1) is 13.2. The first kappa shape index (κ1) is 17.7. The van der Waals surface area contributed by atoms with Crippen molar-refractivity contribution in [1.82, 2.24) is 19.8 Å². The zero-order chi connectivity index (χ0) is 18.8. The van der Waals surface area contributed by atoms with Gasteiger partial charge in [-0.05, 0) is 55.8 Å². The fraction of sp³-hybridized carbons (Fsp3) is 0.333. The Morgan fingerprint density at radius 3 is 2.78 bits per heavy atom. The van der Waals surface area contributed by atoms with Crippen molar-refractivity contribution in [3.05, 3.63) is 60.2 Å². The molecule has 0 saturated carbocycles. The molecule has 1 aliphatic rings. The van der Waals surface area contributed by atoms with E-state index in [0.717, 1.165) is 48.5 Å². The second kappa shape index (κ2) is 7.48. The molecule has 0 aliphatic carbocycles. The molecule has 2 heterocycles. The number of hydrogen-bond acceptors (Lipinski definition) is 3. The molecule has 1 fully saturated rings. The first-order valence-corrected chi connectivity index (χ1v) is 9.32. The Labute approximate surface area is 157 Å². The van der Waals surface area contributed by atoms with Gasteiger partial charge in [0.2, 0.25) is 5.91 Å². The van der Waals surface area contributed by atoms with Crippen LogP contribution in [-0.4, -0.2) is 40.5 Å². The summed E-state index contributed by atoms with van der Waals surface area (Å²) in [4.78, 5) is 19.1. The fourth-order valence-corrected chi connectivity index (χ4v) is 3.88. The van der Waals surface area contributed by atoms with E-state index in [0.29, 0.717) is 6.54 Å². The highest BCUT2D eigenvalue weighted by Gasteiger charge is 2.26. The largest absolute Gasteiger partial charge is 0.359 e. The lowest BCUT2D eigenvalue weighted by Crippen LogP contribution is -2.42. The third-order valence-electron chi connectivity index (χ3n) is 5.20. The van der Waals surface area contributed by atoms with E-state index in [1.54, 1.807) is 19.2 Å². The average Bonchev–Trinajstić information content (AvgIpc) is 3.06. The predicted octanol–water partition coefficient (Wildman–Crippen LogP) is 3.12. The molecule has 1 amide bonds. The molecule has 0 radical (unpaired) electrons. The molecule has 1 N–H and O–H groups in total. The zero-order valence-electron chi connectivity index (χ0n) is 15.4. The van der Waals surface area contributed by atoms with E-state index in [2.05, 4.69) is 14.8 Å². The number of carbonyl (C=O) groups excluding carboxylic acids is 1. The van der Waals surface area contributed by atoms with Crippen LogP contribution in [0.1, 0.15) is 18.7 Å². The van der Waals surface area contributed by atoms with Crippen LogP contribution in [0, 0.1) is 11.7 Å². The molecule has 3 aromatic rings. The lowest BCUT2D eigenvalue weighted by molar-refractivity contribution is -0.126. The quantitative estimate of drug-likeness (QED) is 0.772. The Bertz CT molecular complexity index is 950. The average molecular weight is 366 g/mol. The summed E-state index contributed by atoms with van der Waals surface area (Å²) in [5.74, 6) is 0.772. The van der Waals surface area contributed by atoms with Gasteiger partial charge in [0.15, 0.2) is 0 Å². The van der Waals surface area contributed by atoms with Crippen molar-refractivity contribution in [3.63, 3.8) is 0 Å². The van der Waals surface area contributed by atoms with Gasteiger partial charge in [0.25, 0.3) is 0 Å². The Hall–Kier alpha value is -2.73. The van der Waals surface area contributed by atoms with Gasteiger partial charge in [-0.2, -0.15) is 0 Å². The van der Waals surface area contributed by atoms with E-state index < -0.39 is 0 Å². The maximum absolute atomic E-state index is 13.4. The molecule has 6 heteroatoms. The molecule has 140 valence electrons. The van der Waals surface area contributed by atoms with Crippen molar-refractivity contribution in [2.45, 2.75) is 19.4 Å². The summed E-state index contributed by atoms with van der Waals surface area (Å²) in [6.45, 7) is 2.33. The number of nitrogens with zero attached hydrogens (tertiary/aromatic N) is 3. The van der Waals surface area contributed by atoms with E-state index in [-0.39, 0.29) is 17.6 Å². The summed E-state index contributed by atoms with van der Waals surface area (Å²) in [5, 5.41) is 2.76. The van der Waals surface area contributed by atoms with Crippen LogP contribution in [0.4, 0.5) is 4.39 Å². The van der Waals surface area contributed by atoms with Crippen molar-refractivity contribution in [3.8, 4) is 5.69 Å². The number of amides is 1. The molecular weight excluding hydrogens is 343 g/mol. The second-order valence-corrected chi connectivity index (χ2v) is 7.02. The van der Waals surface area contributed by atoms with Gasteiger partial charge in [-0.25, -0.2) is 9.37 Å². The first-order valence-electron chi connectivity index (χ1n) is 9.32. The Kier molecular flexibility index (Phi) is 4.90. The number of fused-ring (bicyclic) bond motifs is 1. The molecule has 0 spiro atoms. The molecule has 5 nitrogen and oxygen atoms in total. The molecule has 0 unspecified atom stereocenters. The lowest BCUT2D eigenvalue weighted by atomic mass is 9.97. The number of imidazole rings is 1. The Morgan fingerprint density at radius 2 is 2.00 bits per heavy atom. The molecule has 2 aromatic carbocycles. The lowest BCUT2D eigenvalue weighted by Gasteiger charge is -2.31. The van der Waals surface area contributed by atoms with Crippen molar-refractivity contribution in [1.29, 1.82) is 0 Å². The molecule has 27 heavy (non-hydrogen) atoms. The maximum atomic E-state index is 13.4. The number of carbonyl (C=O) groups is 1. The molecule has 0 bridgehead atoms. The number of halogens is 1. The van der Waals surface area contributed by atoms with Crippen LogP contribution in [0.15, 0.2) is 48.5 Å². The number of nitrogens with one attached hydrogen (secondary N) is 1. The van der Waals surface area contributed by atoms with E-state index in [1.807, 2.05) is 24.3 Å². The normalized spacial score (nSPS) is 17.9. The van der Waals surface area contributed by atoms with Crippen molar-refractivity contribution in [2.75, 3.05) is 20.1 Å². The van der Waals surface area contributed by atoms with E-state index in [9.17, 15) is 9.18 Å². The molecule has 1 atom stereocenters. The Balaban J connectivity index is 1.68. The van der Waals surface area contributed by atoms with E-state index >= 15 is 0 Å². The smallest absolute Gasteiger partial charge is 0.224 e. The molecule has 1 aromatic heterocycles. The Morgan fingerprint density at radius 1 is 1.22 bits per heavy atom. The van der Waals surface area contributed by atoms with E-state index in [4.69, 9.17) is 4.98 Å². The van der Waals surface area contributed by atoms with Gasteiger partial charge in [-0.15, -0.1) is 0 Å². The van der Waals surface area contributed by atoms with E-state index in [1.165, 1.54) is 12.1 Å². The highest BCUT2D eigenvalue weighted by molar-refractivity contribution is 5.79. The number of hydrogen-bond donors (Lipinski definition) is 1. The summed E-state index contributed by atoms with van der Waals surface area (Å²) < 4.78 is 15.5. The summed E-state index contributed by atoms with van der Waals surface area (Å²) in [6.07, 6.45) is 1.92. The van der Waals surface area contributed by atoms with Crippen LogP contribution in [0.5, 0.6) is 0 Å². The minimum Gasteiger partial charge on any atom is -0.359 e. The van der Waals surface area contributed by atoms with Gasteiger partial charge in [0, 0.05) is 19.3 Å². The number of para-hydroxylation sites is 2. The van der Waals surface area contributed by atoms with Gasteiger partial charge < -0.3 is 5.32 Å². The minimum absolute atomic E-state index is 0.0207. The third kappa shape index (κ3) is 3.57. The predicted molar refractivity (Wildman–Crippen MR) is 103 cm³/mol. The molecule has 1 aliphatic heterocycles. The number of likely N-dealkylation sites (tertiary alicyclic amines) is 1. The topological polar surface area (TPSA) is 50.2 Å². The summed E-state index contributed by atoms with van der Waals surface area (Å²) in [7, 11) is 1.69. The molecular formula is C21H23FN4O. The monoisotopic (exact) mass is 366 g/mol. The number of aromatic nitrogens is 2. The van der Waals surface area contributed by atoms with Crippen molar-refractivity contribution in [2.24, 2.45) is 5.92 Å². The number of piperidine rings is 1.